The normalized spacial score (nSPS) is 10.1. The first-order valence-corrected chi connectivity index (χ1v) is 5.63. The Morgan fingerprint density at radius 3 is 2.69 bits per heavy atom. The number of nitrogen functional groups attached to an aromatic ring is 1. The van der Waals surface area contributed by atoms with Crippen molar-refractivity contribution in [1.82, 2.24) is 4.98 Å². The fourth-order valence-electron chi connectivity index (χ4n) is 1.27. The number of anilines is 1. The van der Waals surface area contributed by atoms with Crippen LogP contribution < -0.4 is 10.5 Å². The van der Waals surface area contributed by atoms with Gasteiger partial charge < -0.3 is 10.5 Å². The van der Waals surface area contributed by atoms with Gasteiger partial charge >= 0.3 is 0 Å². The third-order valence-electron chi connectivity index (χ3n) is 2.05. The highest BCUT2D eigenvalue weighted by atomic mass is 79.9. The smallest absolute Gasteiger partial charge is 0.228 e. The average molecular weight is 279 g/mol. The number of pyridine rings is 1. The minimum atomic E-state index is 0.496. The second-order valence-corrected chi connectivity index (χ2v) is 4.18. The summed E-state index contributed by atoms with van der Waals surface area (Å²) in [6.45, 7) is 0.496. The molecule has 0 spiro atoms. The van der Waals surface area contributed by atoms with Crippen LogP contribution in [0.15, 0.2) is 47.1 Å². The summed E-state index contributed by atoms with van der Waals surface area (Å²) in [6, 6.07) is 11.7. The molecule has 0 fully saturated rings. The molecule has 0 amide bonds. The maximum Gasteiger partial charge on any atom is 0.228 e. The van der Waals surface area contributed by atoms with Crippen molar-refractivity contribution in [2.45, 2.75) is 6.61 Å². The van der Waals surface area contributed by atoms with E-state index in [1.54, 1.807) is 12.3 Å². The van der Waals surface area contributed by atoms with E-state index in [-0.39, 0.29) is 0 Å². The molecule has 1 aromatic carbocycles. The van der Waals surface area contributed by atoms with E-state index in [9.17, 15) is 0 Å². The van der Waals surface area contributed by atoms with Crippen LogP contribution >= 0.6 is 15.9 Å². The highest BCUT2D eigenvalue weighted by molar-refractivity contribution is 9.10. The molecule has 0 radical (unpaired) electrons. The van der Waals surface area contributed by atoms with Crippen LogP contribution in [-0.4, -0.2) is 4.98 Å². The summed E-state index contributed by atoms with van der Waals surface area (Å²) < 4.78 is 6.33. The maximum atomic E-state index is 5.59. The van der Waals surface area contributed by atoms with E-state index in [0.717, 1.165) is 10.0 Å². The lowest BCUT2D eigenvalue weighted by atomic mass is 10.2. The Bertz CT molecular complexity index is 474. The van der Waals surface area contributed by atoms with Crippen LogP contribution in [0.1, 0.15) is 5.56 Å². The Morgan fingerprint density at radius 2 is 2.00 bits per heavy atom. The molecule has 1 heterocycles. The number of hydrogen-bond acceptors (Lipinski definition) is 3. The van der Waals surface area contributed by atoms with Crippen LogP contribution in [0.4, 0.5) is 5.69 Å². The molecule has 2 aromatic rings. The summed E-state index contributed by atoms with van der Waals surface area (Å²) in [5.74, 6) is 0.554. The van der Waals surface area contributed by atoms with Gasteiger partial charge in [-0.25, -0.2) is 4.98 Å². The summed E-state index contributed by atoms with van der Waals surface area (Å²) in [4.78, 5) is 4.10. The van der Waals surface area contributed by atoms with E-state index in [0.29, 0.717) is 18.2 Å². The molecule has 1 aromatic heterocycles. The minimum Gasteiger partial charge on any atom is -0.472 e. The fourth-order valence-corrected chi connectivity index (χ4v) is 1.75. The molecule has 0 aliphatic heterocycles. The Morgan fingerprint density at radius 1 is 1.25 bits per heavy atom. The van der Waals surface area contributed by atoms with Crippen LogP contribution in [0.25, 0.3) is 0 Å². The summed E-state index contributed by atoms with van der Waals surface area (Å²) in [5.41, 5.74) is 7.30. The van der Waals surface area contributed by atoms with E-state index in [1.165, 1.54) is 0 Å². The number of ether oxygens (including phenoxy) is 1. The Kier molecular flexibility index (Phi) is 3.41. The van der Waals surface area contributed by atoms with Gasteiger partial charge in [-0.2, -0.15) is 0 Å². The topological polar surface area (TPSA) is 48.1 Å². The molecule has 0 saturated heterocycles. The molecule has 0 atom stereocenters. The van der Waals surface area contributed by atoms with Gasteiger partial charge in [0, 0.05) is 0 Å². The molecule has 0 aliphatic rings. The minimum absolute atomic E-state index is 0.496. The van der Waals surface area contributed by atoms with Gasteiger partial charge in [-0.05, 0) is 27.6 Å². The summed E-state index contributed by atoms with van der Waals surface area (Å²) in [5, 5.41) is 0. The van der Waals surface area contributed by atoms with Crippen molar-refractivity contribution in [3.8, 4) is 5.88 Å². The second-order valence-electron chi connectivity index (χ2n) is 3.33. The monoisotopic (exact) mass is 278 g/mol. The molecule has 0 unspecified atom stereocenters. The Balaban J connectivity index is 2.05. The molecule has 16 heavy (non-hydrogen) atoms. The standard InChI is InChI=1S/C12H11BrN2O/c13-11-6-10(14)7-15-12(11)16-8-9-4-2-1-3-5-9/h1-7H,8,14H2. The summed E-state index contributed by atoms with van der Waals surface area (Å²) in [7, 11) is 0. The van der Waals surface area contributed by atoms with Crippen molar-refractivity contribution < 1.29 is 4.74 Å². The number of halogens is 1. The molecule has 0 bridgehead atoms. The second kappa shape index (κ2) is 4.99. The van der Waals surface area contributed by atoms with Gasteiger partial charge in [0.1, 0.15) is 6.61 Å². The first-order chi connectivity index (χ1) is 7.75. The van der Waals surface area contributed by atoms with Crippen molar-refractivity contribution in [2.24, 2.45) is 0 Å². The summed E-state index contributed by atoms with van der Waals surface area (Å²) >= 11 is 3.35. The average Bonchev–Trinajstić information content (AvgIpc) is 2.29. The number of rotatable bonds is 3. The predicted octanol–water partition coefficient (Wildman–Crippen LogP) is 3.01. The molecule has 0 saturated carbocycles. The van der Waals surface area contributed by atoms with Gasteiger partial charge in [0.2, 0.25) is 5.88 Å². The maximum absolute atomic E-state index is 5.59. The van der Waals surface area contributed by atoms with E-state index < -0.39 is 0 Å². The van der Waals surface area contributed by atoms with Crippen molar-refractivity contribution in [2.75, 3.05) is 5.73 Å². The highest BCUT2D eigenvalue weighted by Crippen LogP contribution is 2.24. The number of nitrogens with zero attached hydrogens (tertiary/aromatic N) is 1. The molecule has 2 N–H and O–H groups in total. The fraction of sp³-hybridized carbons (Fsp3) is 0.0833. The Hall–Kier alpha value is -1.55. The zero-order chi connectivity index (χ0) is 11.4. The zero-order valence-electron chi connectivity index (χ0n) is 8.56. The van der Waals surface area contributed by atoms with Crippen LogP contribution in [0.2, 0.25) is 0 Å². The zero-order valence-corrected chi connectivity index (χ0v) is 10.1. The molecule has 0 aliphatic carbocycles. The van der Waals surface area contributed by atoms with Gasteiger partial charge in [-0.15, -0.1) is 0 Å². The number of hydrogen-bond donors (Lipinski definition) is 1. The molecule has 82 valence electrons. The van der Waals surface area contributed by atoms with Gasteiger partial charge in [0.15, 0.2) is 0 Å². The first kappa shape index (κ1) is 11.0. The molecular formula is C12H11BrN2O. The molecular weight excluding hydrogens is 268 g/mol. The van der Waals surface area contributed by atoms with E-state index in [4.69, 9.17) is 10.5 Å². The number of nitrogens with two attached hydrogens (primary N) is 1. The third kappa shape index (κ3) is 2.73. The SMILES string of the molecule is Nc1cnc(OCc2ccccc2)c(Br)c1. The Labute approximate surface area is 102 Å². The van der Waals surface area contributed by atoms with Gasteiger partial charge in [-0.3, -0.25) is 0 Å². The van der Waals surface area contributed by atoms with Gasteiger partial charge in [0.25, 0.3) is 0 Å². The lowest BCUT2D eigenvalue weighted by molar-refractivity contribution is 0.292. The number of benzene rings is 1. The van der Waals surface area contributed by atoms with E-state index >= 15 is 0 Å². The van der Waals surface area contributed by atoms with Crippen molar-refractivity contribution in [3.63, 3.8) is 0 Å². The molecule has 4 heteroatoms. The largest absolute Gasteiger partial charge is 0.472 e. The molecule has 3 nitrogen and oxygen atoms in total. The van der Waals surface area contributed by atoms with Gasteiger partial charge in [-0.1, -0.05) is 30.3 Å². The number of aromatic nitrogens is 1. The van der Waals surface area contributed by atoms with Crippen LogP contribution in [0, 0.1) is 0 Å². The van der Waals surface area contributed by atoms with E-state index in [2.05, 4.69) is 20.9 Å². The van der Waals surface area contributed by atoms with Crippen molar-refractivity contribution in [1.29, 1.82) is 0 Å². The van der Waals surface area contributed by atoms with E-state index in [1.807, 2.05) is 30.3 Å². The lowest BCUT2D eigenvalue weighted by Gasteiger charge is -2.07. The molecule has 2 rings (SSSR count). The quantitative estimate of drug-likeness (QED) is 0.939. The highest BCUT2D eigenvalue weighted by Gasteiger charge is 2.03. The predicted molar refractivity (Wildman–Crippen MR) is 67.1 cm³/mol. The first-order valence-electron chi connectivity index (χ1n) is 4.83. The van der Waals surface area contributed by atoms with Crippen molar-refractivity contribution in [3.05, 3.63) is 52.6 Å². The van der Waals surface area contributed by atoms with Crippen LogP contribution in [0.5, 0.6) is 5.88 Å². The van der Waals surface area contributed by atoms with Gasteiger partial charge in [0.05, 0.1) is 16.4 Å². The lowest BCUT2D eigenvalue weighted by Crippen LogP contribution is -1.98. The third-order valence-corrected chi connectivity index (χ3v) is 2.62. The summed E-state index contributed by atoms with van der Waals surface area (Å²) in [6.07, 6.45) is 1.57. The van der Waals surface area contributed by atoms with Crippen LogP contribution in [-0.2, 0) is 6.61 Å². The van der Waals surface area contributed by atoms with Crippen LogP contribution in [0.3, 0.4) is 0 Å². The van der Waals surface area contributed by atoms with Crippen molar-refractivity contribution >= 4 is 21.6 Å².